The van der Waals surface area contributed by atoms with Crippen LogP contribution in [0.4, 0.5) is 22.9 Å². The van der Waals surface area contributed by atoms with Crippen molar-refractivity contribution in [3.05, 3.63) is 99.6 Å². The predicted molar refractivity (Wildman–Crippen MR) is 171 cm³/mol. The van der Waals surface area contributed by atoms with Crippen LogP contribution in [0.5, 0.6) is 0 Å². The van der Waals surface area contributed by atoms with Crippen molar-refractivity contribution in [1.82, 2.24) is 14.9 Å². The van der Waals surface area contributed by atoms with E-state index >= 15 is 0 Å². The van der Waals surface area contributed by atoms with Crippen molar-refractivity contribution in [2.75, 3.05) is 34.8 Å². The lowest BCUT2D eigenvalue weighted by Gasteiger charge is -2.27. The van der Waals surface area contributed by atoms with Crippen LogP contribution < -0.4 is 26.0 Å². The molecular formula is C34H36N6O4. The Morgan fingerprint density at radius 1 is 1.00 bits per heavy atom. The molecule has 0 aliphatic carbocycles. The van der Waals surface area contributed by atoms with Crippen molar-refractivity contribution < 1.29 is 14.7 Å². The highest BCUT2D eigenvalue weighted by Crippen LogP contribution is 2.37. The number of nitrogens with one attached hydrogen (secondary N) is 2. The number of aryl methyl sites for hydroxylation is 1. The molecule has 2 aliphatic heterocycles. The number of fused-ring (bicyclic) bond motifs is 1. The minimum Gasteiger partial charge on any atom is -0.392 e. The lowest BCUT2D eigenvalue weighted by Crippen LogP contribution is -2.48. The molecule has 6 rings (SSSR count). The van der Waals surface area contributed by atoms with E-state index in [0.717, 1.165) is 11.1 Å². The van der Waals surface area contributed by atoms with Gasteiger partial charge in [-0.15, -0.1) is 0 Å². The summed E-state index contributed by atoms with van der Waals surface area (Å²) in [6.07, 6.45) is 3.33. The van der Waals surface area contributed by atoms with Crippen molar-refractivity contribution >= 4 is 34.7 Å². The third-order valence-electron chi connectivity index (χ3n) is 8.28. The average molecular weight is 593 g/mol. The molecule has 0 atom stereocenters. The summed E-state index contributed by atoms with van der Waals surface area (Å²) in [5.74, 6) is 0.334. The van der Waals surface area contributed by atoms with Crippen LogP contribution in [0, 0.1) is 0 Å². The number of nitrogens with zero attached hydrogens (tertiary/aromatic N) is 4. The van der Waals surface area contributed by atoms with E-state index in [9.17, 15) is 19.5 Å². The lowest BCUT2D eigenvalue weighted by molar-refractivity contribution is -0.118. The van der Waals surface area contributed by atoms with Gasteiger partial charge in [-0.1, -0.05) is 45.0 Å². The molecule has 0 radical (unpaired) electrons. The van der Waals surface area contributed by atoms with E-state index in [1.54, 1.807) is 47.4 Å². The standard InChI is InChI=1S/C34H36N6O4/c1-34(2,3)23-8-10-26-21(14-23)19-40(32(26)43)29-7-5-6-25(27(29)20-41)22-15-28(33(44)38(4)18-22)37-30-11-9-24(16-36-30)39-13-12-35-17-31(39)42/h5-11,14-16,18,35,41H,12-13,17,19-20H2,1-4H3,(H,36,37). The van der Waals surface area contributed by atoms with Gasteiger partial charge >= 0.3 is 0 Å². The topological polar surface area (TPSA) is 120 Å². The molecule has 0 saturated carbocycles. The minimum atomic E-state index is -0.293. The van der Waals surface area contributed by atoms with E-state index in [-0.39, 0.29) is 35.9 Å². The summed E-state index contributed by atoms with van der Waals surface area (Å²) >= 11 is 0. The first-order valence-electron chi connectivity index (χ1n) is 14.7. The second-order valence-electron chi connectivity index (χ2n) is 12.3. The van der Waals surface area contributed by atoms with Crippen molar-refractivity contribution in [2.24, 2.45) is 7.05 Å². The molecule has 2 amide bonds. The molecule has 2 aromatic carbocycles. The van der Waals surface area contributed by atoms with E-state index in [1.165, 1.54) is 4.57 Å². The molecule has 1 saturated heterocycles. The SMILES string of the molecule is Cn1cc(-c2cccc(N3Cc4cc(C(C)(C)C)ccc4C3=O)c2CO)cc(Nc2ccc(N3CCNCC3=O)cn2)c1=O. The fourth-order valence-electron chi connectivity index (χ4n) is 5.83. The number of pyridine rings is 2. The van der Waals surface area contributed by atoms with Gasteiger partial charge in [0.1, 0.15) is 11.5 Å². The van der Waals surface area contributed by atoms with Gasteiger partial charge in [0, 0.05) is 43.0 Å². The molecule has 4 aromatic rings. The molecule has 44 heavy (non-hydrogen) atoms. The molecule has 0 unspecified atom stereocenters. The summed E-state index contributed by atoms with van der Waals surface area (Å²) in [6, 6.07) is 16.9. The molecule has 0 bridgehead atoms. The summed E-state index contributed by atoms with van der Waals surface area (Å²) < 4.78 is 1.48. The third-order valence-corrected chi connectivity index (χ3v) is 8.28. The molecule has 10 heteroatoms. The van der Waals surface area contributed by atoms with E-state index in [2.05, 4.69) is 42.5 Å². The number of carbonyl (C=O) groups excluding carboxylic acids is 2. The monoisotopic (exact) mass is 592 g/mol. The van der Waals surface area contributed by atoms with Gasteiger partial charge in [0.25, 0.3) is 11.5 Å². The maximum absolute atomic E-state index is 13.5. The molecule has 2 aliphatic rings. The van der Waals surface area contributed by atoms with Gasteiger partial charge in [-0.3, -0.25) is 14.4 Å². The summed E-state index contributed by atoms with van der Waals surface area (Å²) in [5, 5.41) is 16.8. The Morgan fingerprint density at radius 3 is 2.52 bits per heavy atom. The Kier molecular flexibility index (Phi) is 7.56. The lowest BCUT2D eigenvalue weighted by atomic mass is 9.85. The smallest absolute Gasteiger partial charge is 0.274 e. The zero-order chi connectivity index (χ0) is 31.2. The van der Waals surface area contributed by atoms with Crippen molar-refractivity contribution in [3.63, 3.8) is 0 Å². The van der Waals surface area contributed by atoms with Crippen LogP contribution in [0.25, 0.3) is 11.1 Å². The molecule has 3 N–H and O–H groups in total. The second-order valence-corrected chi connectivity index (χ2v) is 12.3. The molecule has 0 spiro atoms. The largest absolute Gasteiger partial charge is 0.392 e. The maximum atomic E-state index is 13.5. The van der Waals surface area contributed by atoms with Gasteiger partial charge in [-0.25, -0.2) is 4.98 Å². The first kappa shape index (κ1) is 29.3. The van der Waals surface area contributed by atoms with Crippen LogP contribution in [0.1, 0.15) is 47.8 Å². The number of benzene rings is 2. The van der Waals surface area contributed by atoms with Crippen molar-refractivity contribution in [2.45, 2.75) is 39.3 Å². The van der Waals surface area contributed by atoms with Crippen LogP contribution in [-0.2, 0) is 30.4 Å². The molecule has 226 valence electrons. The van der Waals surface area contributed by atoms with Crippen LogP contribution in [0.15, 0.2) is 71.8 Å². The quantitative estimate of drug-likeness (QED) is 0.309. The van der Waals surface area contributed by atoms with Gasteiger partial charge in [-0.05, 0) is 52.4 Å². The second kappa shape index (κ2) is 11.4. The van der Waals surface area contributed by atoms with E-state index < -0.39 is 0 Å². The number of carbonyl (C=O) groups is 2. The van der Waals surface area contributed by atoms with Gasteiger partial charge in [0.05, 0.1) is 37.3 Å². The fraction of sp³-hybridized carbons (Fsp3) is 0.294. The van der Waals surface area contributed by atoms with Gasteiger partial charge in [0.2, 0.25) is 5.91 Å². The number of aromatic nitrogens is 2. The van der Waals surface area contributed by atoms with Crippen LogP contribution in [0.2, 0.25) is 0 Å². The number of aliphatic hydroxyl groups is 1. The highest BCUT2D eigenvalue weighted by atomic mass is 16.3. The Labute approximate surface area is 256 Å². The Balaban J connectivity index is 1.31. The number of hydrogen-bond acceptors (Lipinski definition) is 7. The molecular weight excluding hydrogens is 556 g/mol. The summed E-state index contributed by atoms with van der Waals surface area (Å²) in [5.41, 5.74) is 6.13. The van der Waals surface area contributed by atoms with E-state index in [0.29, 0.717) is 64.8 Å². The third kappa shape index (κ3) is 5.38. The number of anilines is 4. The summed E-state index contributed by atoms with van der Waals surface area (Å²) in [6.45, 7) is 8.12. The van der Waals surface area contributed by atoms with E-state index in [1.807, 2.05) is 30.3 Å². The number of rotatable bonds is 6. The fourth-order valence-corrected chi connectivity index (χ4v) is 5.83. The van der Waals surface area contributed by atoms with Crippen LogP contribution >= 0.6 is 0 Å². The van der Waals surface area contributed by atoms with Crippen molar-refractivity contribution in [3.8, 4) is 11.1 Å². The van der Waals surface area contributed by atoms with E-state index in [4.69, 9.17) is 0 Å². The Morgan fingerprint density at radius 2 is 1.82 bits per heavy atom. The zero-order valence-corrected chi connectivity index (χ0v) is 25.3. The van der Waals surface area contributed by atoms with Crippen LogP contribution in [0.3, 0.4) is 0 Å². The molecule has 2 aromatic heterocycles. The van der Waals surface area contributed by atoms with Crippen LogP contribution in [-0.4, -0.2) is 46.1 Å². The van der Waals surface area contributed by atoms with Gasteiger partial charge in [0.15, 0.2) is 0 Å². The Bertz CT molecular complexity index is 1820. The molecule has 10 nitrogen and oxygen atoms in total. The molecule has 4 heterocycles. The average Bonchev–Trinajstić information content (AvgIpc) is 3.34. The number of hydrogen-bond donors (Lipinski definition) is 3. The summed E-state index contributed by atoms with van der Waals surface area (Å²) in [7, 11) is 1.67. The number of aliphatic hydroxyl groups excluding tert-OH is 1. The number of piperazine rings is 1. The maximum Gasteiger partial charge on any atom is 0.274 e. The first-order valence-corrected chi connectivity index (χ1v) is 14.7. The highest BCUT2D eigenvalue weighted by Gasteiger charge is 2.31. The number of amides is 2. The summed E-state index contributed by atoms with van der Waals surface area (Å²) in [4.78, 5) is 46.7. The predicted octanol–water partition coefficient (Wildman–Crippen LogP) is 4.08. The molecule has 1 fully saturated rings. The minimum absolute atomic E-state index is 0.0172. The first-order chi connectivity index (χ1) is 21.0. The Hall–Kier alpha value is -4.80. The highest BCUT2D eigenvalue weighted by molar-refractivity contribution is 6.10. The normalized spacial score (nSPS) is 15.1. The van der Waals surface area contributed by atoms with Crippen molar-refractivity contribution in [1.29, 1.82) is 0 Å². The van der Waals surface area contributed by atoms with Gasteiger partial charge < -0.3 is 30.1 Å². The zero-order valence-electron chi connectivity index (χ0n) is 25.3. The van der Waals surface area contributed by atoms with Gasteiger partial charge in [-0.2, -0.15) is 0 Å².